The number of rotatable bonds is 7. The highest BCUT2D eigenvalue weighted by Crippen LogP contribution is 2.27. The number of hydrogen-bond acceptors (Lipinski definition) is 2. The molecule has 0 saturated carbocycles. The van der Waals surface area contributed by atoms with E-state index in [1.54, 1.807) is 0 Å². The standard InChI is InChI=1S/C18H26N2/c1-3-4-7-13-20(2)18(14-19)17-12-8-10-15-9-5-6-11-16(15)17/h5-6,8-12,18H,3-4,7,13-14,19H2,1-2H3. The van der Waals surface area contributed by atoms with E-state index in [9.17, 15) is 0 Å². The quantitative estimate of drug-likeness (QED) is 0.772. The van der Waals surface area contributed by atoms with Crippen molar-refractivity contribution in [1.29, 1.82) is 0 Å². The molecule has 0 aromatic heterocycles. The maximum atomic E-state index is 6.06. The van der Waals surface area contributed by atoms with E-state index in [1.807, 2.05) is 0 Å². The second-order valence-corrected chi connectivity index (χ2v) is 5.51. The monoisotopic (exact) mass is 270 g/mol. The lowest BCUT2D eigenvalue weighted by molar-refractivity contribution is 0.246. The second kappa shape index (κ2) is 7.41. The van der Waals surface area contributed by atoms with Gasteiger partial charge in [0.2, 0.25) is 0 Å². The Morgan fingerprint density at radius 2 is 1.80 bits per heavy atom. The summed E-state index contributed by atoms with van der Waals surface area (Å²) < 4.78 is 0. The molecular formula is C18H26N2. The SMILES string of the molecule is CCCCCN(C)C(CN)c1cccc2ccccc12. The summed E-state index contributed by atoms with van der Waals surface area (Å²) in [5, 5.41) is 2.62. The summed E-state index contributed by atoms with van der Waals surface area (Å²) >= 11 is 0. The van der Waals surface area contributed by atoms with Gasteiger partial charge >= 0.3 is 0 Å². The van der Waals surface area contributed by atoms with Crippen LogP contribution in [0.15, 0.2) is 42.5 Å². The van der Waals surface area contributed by atoms with Crippen molar-refractivity contribution < 1.29 is 0 Å². The van der Waals surface area contributed by atoms with Crippen molar-refractivity contribution in [3.8, 4) is 0 Å². The largest absolute Gasteiger partial charge is 0.329 e. The summed E-state index contributed by atoms with van der Waals surface area (Å²) in [6.45, 7) is 4.01. The van der Waals surface area contributed by atoms with E-state index < -0.39 is 0 Å². The Kier molecular flexibility index (Phi) is 5.57. The number of likely N-dealkylation sites (N-methyl/N-ethyl adjacent to an activating group) is 1. The Bertz CT molecular complexity index is 530. The van der Waals surface area contributed by atoms with Gasteiger partial charge in [-0.05, 0) is 36.3 Å². The predicted molar refractivity (Wildman–Crippen MR) is 87.9 cm³/mol. The fraction of sp³-hybridized carbons (Fsp3) is 0.444. The van der Waals surface area contributed by atoms with E-state index in [0.29, 0.717) is 12.6 Å². The minimum atomic E-state index is 0.304. The Labute approximate surface area is 122 Å². The van der Waals surface area contributed by atoms with E-state index >= 15 is 0 Å². The van der Waals surface area contributed by atoms with Crippen LogP contribution in [0.5, 0.6) is 0 Å². The molecule has 1 unspecified atom stereocenters. The van der Waals surface area contributed by atoms with Gasteiger partial charge in [0.1, 0.15) is 0 Å². The van der Waals surface area contributed by atoms with Crippen molar-refractivity contribution in [2.45, 2.75) is 32.2 Å². The number of nitrogens with two attached hydrogens (primary N) is 1. The molecule has 2 aromatic rings. The van der Waals surface area contributed by atoms with Gasteiger partial charge in [-0.2, -0.15) is 0 Å². The van der Waals surface area contributed by atoms with E-state index in [1.165, 1.54) is 35.6 Å². The summed E-state index contributed by atoms with van der Waals surface area (Å²) in [5.41, 5.74) is 7.41. The second-order valence-electron chi connectivity index (χ2n) is 5.51. The molecule has 0 bridgehead atoms. The van der Waals surface area contributed by atoms with Crippen molar-refractivity contribution in [3.63, 3.8) is 0 Å². The summed E-state index contributed by atoms with van der Waals surface area (Å²) in [7, 11) is 2.19. The molecule has 0 amide bonds. The van der Waals surface area contributed by atoms with Gasteiger partial charge in [0, 0.05) is 12.6 Å². The van der Waals surface area contributed by atoms with Crippen LogP contribution in [0.1, 0.15) is 37.8 Å². The van der Waals surface area contributed by atoms with Crippen molar-refractivity contribution >= 4 is 10.8 Å². The van der Waals surface area contributed by atoms with Gasteiger partial charge in [-0.25, -0.2) is 0 Å². The third-order valence-corrected chi connectivity index (χ3v) is 4.05. The van der Waals surface area contributed by atoms with Gasteiger partial charge in [-0.15, -0.1) is 0 Å². The van der Waals surface area contributed by atoms with Crippen molar-refractivity contribution in [2.24, 2.45) is 5.73 Å². The first-order valence-corrected chi connectivity index (χ1v) is 7.66. The maximum absolute atomic E-state index is 6.06. The van der Waals surface area contributed by atoms with Crippen LogP contribution in [0.4, 0.5) is 0 Å². The number of unbranched alkanes of at least 4 members (excludes halogenated alkanes) is 2. The zero-order chi connectivity index (χ0) is 14.4. The normalized spacial score (nSPS) is 13.0. The predicted octanol–water partition coefficient (Wildman–Crippen LogP) is 3.96. The van der Waals surface area contributed by atoms with E-state index in [2.05, 4.69) is 61.3 Å². The van der Waals surface area contributed by atoms with Crippen LogP contribution in [0.2, 0.25) is 0 Å². The average molecular weight is 270 g/mol. The molecule has 2 nitrogen and oxygen atoms in total. The highest BCUT2D eigenvalue weighted by molar-refractivity contribution is 5.86. The minimum Gasteiger partial charge on any atom is -0.329 e. The molecule has 20 heavy (non-hydrogen) atoms. The zero-order valence-electron chi connectivity index (χ0n) is 12.7. The third kappa shape index (κ3) is 3.38. The lowest BCUT2D eigenvalue weighted by Gasteiger charge is -2.28. The van der Waals surface area contributed by atoms with Crippen LogP contribution in [-0.4, -0.2) is 25.0 Å². The molecule has 108 valence electrons. The molecule has 2 heteroatoms. The molecule has 0 spiro atoms. The minimum absolute atomic E-state index is 0.304. The molecule has 1 atom stereocenters. The first-order valence-electron chi connectivity index (χ1n) is 7.66. The maximum Gasteiger partial charge on any atom is 0.0473 e. The summed E-state index contributed by atoms with van der Waals surface area (Å²) in [6.07, 6.45) is 3.79. The van der Waals surface area contributed by atoms with Crippen LogP contribution in [-0.2, 0) is 0 Å². The summed E-state index contributed by atoms with van der Waals surface area (Å²) in [5.74, 6) is 0. The highest BCUT2D eigenvalue weighted by atomic mass is 15.1. The molecule has 0 aliphatic carbocycles. The highest BCUT2D eigenvalue weighted by Gasteiger charge is 2.17. The van der Waals surface area contributed by atoms with Crippen LogP contribution in [0.25, 0.3) is 10.8 Å². The van der Waals surface area contributed by atoms with Gasteiger partial charge in [0.15, 0.2) is 0 Å². The average Bonchev–Trinajstić information content (AvgIpc) is 2.48. The van der Waals surface area contributed by atoms with Crippen LogP contribution in [0.3, 0.4) is 0 Å². The van der Waals surface area contributed by atoms with Gasteiger partial charge in [-0.1, -0.05) is 62.2 Å². The van der Waals surface area contributed by atoms with Crippen molar-refractivity contribution in [1.82, 2.24) is 4.90 Å². The molecule has 0 fully saturated rings. The number of benzene rings is 2. The molecule has 0 aliphatic rings. The number of nitrogens with zero attached hydrogens (tertiary/aromatic N) is 1. The lowest BCUT2D eigenvalue weighted by atomic mass is 9.97. The molecule has 2 rings (SSSR count). The van der Waals surface area contributed by atoms with E-state index in [-0.39, 0.29) is 0 Å². The molecule has 0 radical (unpaired) electrons. The Morgan fingerprint density at radius 3 is 2.55 bits per heavy atom. The number of hydrogen-bond donors (Lipinski definition) is 1. The fourth-order valence-corrected chi connectivity index (χ4v) is 2.85. The first kappa shape index (κ1) is 15.0. The molecule has 0 saturated heterocycles. The van der Waals surface area contributed by atoms with Gasteiger partial charge in [0.25, 0.3) is 0 Å². The Balaban J connectivity index is 2.25. The molecule has 2 N–H and O–H groups in total. The van der Waals surface area contributed by atoms with Crippen LogP contribution >= 0.6 is 0 Å². The molecule has 0 heterocycles. The Hall–Kier alpha value is -1.38. The third-order valence-electron chi connectivity index (χ3n) is 4.05. The van der Waals surface area contributed by atoms with Gasteiger partial charge in [-0.3, -0.25) is 4.90 Å². The smallest absolute Gasteiger partial charge is 0.0473 e. The zero-order valence-corrected chi connectivity index (χ0v) is 12.7. The number of fused-ring (bicyclic) bond motifs is 1. The molecule has 0 aliphatic heterocycles. The Morgan fingerprint density at radius 1 is 1.05 bits per heavy atom. The van der Waals surface area contributed by atoms with Crippen LogP contribution in [0, 0.1) is 0 Å². The van der Waals surface area contributed by atoms with E-state index in [4.69, 9.17) is 5.73 Å². The lowest BCUT2D eigenvalue weighted by Crippen LogP contribution is -2.31. The molecular weight excluding hydrogens is 244 g/mol. The summed E-state index contributed by atoms with van der Waals surface area (Å²) in [4.78, 5) is 2.40. The topological polar surface area (TPSA) is 29.3 Å². The van der Waals surface area contributed by atoms with Crippen molar-refractivity contribution in [3.05, 3.63) is 48.0 Å². The van der Waals surface area contributed by atoms with E-state index in [0.717, 1.165) is 6.54 Å². The van der Waals surface area contributed by atoms with Gasteiger partial charge < -0.3 is 5.73 Å². The van der Waals surface area contributed by atoms with Crippen LogP contribution < -0.4 is 5.73 Å². The van der Waals surface area contributed by atoms with Gasteiger partial charge in [0.05, 0.1) is 0 Å². The van der Waals surface area contributed by atoms with Crippen molar-refractivity contribution in [2.75, 3.05) is 20.1 Å². The first-order chi connectivity index (χ1) is 9.77. The molecule has 2 aromatic carbocycles. The summed E-state index contributed by atoms with van der Waals surface area (Å²) in [6, 6.07) is 15.4. The fourth-order valence-electron chi connectivity index (χ4n) is 2.85.